The van der Waals surface area contributed by atoms with Gasteiger partial charge in [0.15, 0.2) is 0 Å². The standard InChI is InChI=1S/C16H12F3NO4S/c17-16(18,19)10-3-1-9(2-4-10)14-20-11(8-25-14)7-13(21)24-12-5-6-23-15(12)22/h1-4,8,12H,5-7H2. The molecule has 1 aromatic heterocycles. The van der Waals surface area contributed by atoms with E-state index in [2.05, 4.69) is 4.98 Å². The van der Waals surface area contributed by atoms with Gasteiger partial charge in [-0.1, -0.05) is 12.1 Å². The lowest BCUT2D eigenvalue weighted by Gasteiger charge is -2.07. The minimum atomic E-state index is -4.39. The van der Waals surface area contributed by atoms with Crippen LogP contribution in [0.2, 0.25) is 0 Å². The van der Waals surface area contributed by atoms with E-state index in [1.54, 1.807) is 5.38 Å². The van der Waals surface area contributed by atoms with E-state index < -0.39 is 29.8 Å². The highest BCUT2D eigenvalue weighted by Gasteiger charge is 2.31. The number of rotatable bonds is 4. The fourth-order valence-corrected chi connectivity index (χ4v) is 3.08. The van der Waals surface area contributed by atoms with Crippen LogP contribution in [0.4, 0.5) is 13.2 Å². The number of cyclic esters (lactones) is 1. The molecule has 132 valence electrons. The van der Waals surface area contributed by atoms with Crippen molar-refractivity contribution in [2.24, 2.45) is 0 Å². The third-order valence-electron chi connectivity index (χ3n) is 3.50. The number of ether oxygens (including phenoxy) is 2. The fourth-order valence-electron chi connectivity index (χ4n) is 2.26. The molecule has 0 radical (unpaired) electrons. The lowest BCUT2D eigenvalue weighted by molar-refractivity contribution is -0.159. The van der Waals surface area contributed by atoms with E-state index in [9.17, 15) is 22.8 Å². The average Bonchev–Trinajstić information content (AvgIpc) is 3.16. The molecule has 0 N–H and O–H groups in total. The number of halogens is 3. The monoisotopic (exact) mass is 371 g/mol. The van der Waals surface area contributed by atoms with Gasteiger partial charge in [0.05, 0.1) is 24.3 Å². The highest BCUT2D eigenvalue weighted by atomic mass is 32.1. The molecular weight excluding hydrogens is 359 g/mol. The Balaban J connectivity index is 1.64. The third kappa shape index (κ3) is 4.16. The predicted molar refractivity (Wildman–Crippen MR) is 81.7 cm³/mol. The molecule has 0 saturated carbocycles. The first-order valence-electron chi connectivity index (χ1n) is 7.31. The van der Waals surface area contributed by atoms with Gasteiger partial charge >= 0.3 is 18.1 Å². The normalized spacial score (nSPS) is 17.4. The number of hydrogen-bond acceptors (Lipinski definition) is 6. The Morgan fingerprint density at radius 1 is 1.32 bits per heavy atom. The van der Waals surface area contributed by atoms with Crippen molar-refractivity contribution in [2.45, 2.75) is 25.1 Å². The maximum atomic E-state index is 12.6. The van der Waals surface area contributed by atoms with Gasteiger partial charge in [0.25, 0.3) is 0 Å². The number of carbonyl (C=O) groups is 2. The number of thiazole rings is 1. The van der Waals surface area contributed by atoms with Crippen LogP contribution in [0.25, 0.3) is 10.6 Å². The van der Waals surface area contributed by atoms with Crippen LogP contribution in [0.15, 0.2) is 29.6 Å². The van der Waals surface area contributed by atoms with Crippen LogP contribution in [0.3, 0.4) is 0 Å². The number of alkyl halides is 3. The lowest BCUT2D eigenvalue weighted by Crippen LogP contribution is -2.23. The van der Waals surface area contributed by atoms with E-state index in [4.69, 9.17) is 9.47 Å². The maximum Gasteiger partial charge on any atom is 0.416 e. The Morgan fingerprint density at radius 2 is 2.04 bits per heavy atom. The largest absolute Gasteiger partial charge is 0.463 e. The Kier molecular flexibility index (Phi) is 4.76. The van der Waals surface area contributed by atoms with Gasteiger partial charge in [-0.2, -0.15) is 13.2 Å². The first kappa shape index (κ1) is 17.4. The first-order valence-corrected chi connectivity index (χ1v) is 8.19. The van der Waals surface area contributed by atoms with Gasteiger partial charge < -0.3 is 9.47 Å². The average molecular weight is 371 g/mol. The zero-order chi connectivity index (χ0) is 18.0. The molecule has 2 heterocycles. The number of benzene rings is 1. The molecule has 5 nitrogen and oxygen atoms in total. The Labute approximate surface area is 144 Å². The van der Waals surface area contributed by atoms with Gasteiger partial charge in [0.2, 0.25) is 6.10 Å². The van der Waals surface area contributed by atoms with Gasteiger partial charge in [0.1, 0.15) is 5.01 Å². The number of aromatic nitrogens is 1. The predicted octanol–water partition coefficient (Wildman–Crippen LogP) is 3.23. The summed E-state index contributed by atoms with van der Waals surface area (Å²) in [7, 11) is 0. The van der Waals surface area contributed by atoms with Crippen molar-refractivity contribution >= 4 is 23.3 Å². The number of esters is 2. The van der Waals surface area contributed by atoms with E-state index in [-0.39, 0.29) is 13.0 Å². The maximum absolute atomic E-state index is 12.6. The van der Waals surface area contributed by atoms with Crippen LogP contribution in [-0.2, 0) is 31.7 Å². The highest BCUT2D eigenvalue weighted by molar-refractivity contribution is 7.13. The summed E-state index contributed by atoms with van der Waals surface area (Å²) in [6, 6.07) is 4.63. The van der Waals surface area contributed by atoms with Crippen LogP contribution >= 0.6 is 11.3 Å². The molecule has 1 unspecified atom stereocenters. The van der Waals surface area contributed by atoms with Gasteiger partial charge in [-0.15, -0.1) is 11.3 Å². The van der Waals surface area contributed by atoms with Crippen molar-refractivity contribution in [2.75, 3.05) is 6.61 Å². The topological polar surface area (TPSA) is 65.5 Å². The second-order valence-corrected chi connectivity index (χ2v) is 6.19. The van der Waals surface area contributed by atoms with Crippen LogP contribution in [0.1, 0.15) is 17.7 Å². The van der Waals surface area contributed by atoms with Gasteiger partial charge in [0, 0.05) is 17.4 Å². The summed E-state index contributed by atoms with van der Waals surface area (Å²) in [5, 5.41) is 2.12. The van der Waals surface area contributed by atoms with E-state index >= 15 is 0 Å². The zero-order valence-electron chi connectivity index (χ0n) is 12.7. The minimum absolute atomic E-state index is 0.124. The van der Waals surface area contributed by atoms with Crippen molar-refractivity contribution in [3.8, 4) is 10.6 Å². The summed E-state index contributed by atoms with van der Waals surface area (Å²) in [6.07, 6.45) is -5.06. The quantitative estimate of drug-likeness (QED) is 0.772. The fraction of sp³-hybridized carbons (Fsp3) is 0.312. The molecule has 1 saturated heterocycles. The summed E-state index contributed by atoms with van der Waals surface area (Å²) in [5.74, 6) is -1.16. The lowest BCUT2D eigenvalue weighted by atomic mass is 10.1. The molecule has 0 amide bonds. The van der Waals surface area contributed by atoms with E-state index in [0.717, 1.165) is 12.1 Å². The van der Waals surface area contributed by atoms with Gasteiger partial charge in [-0.3, -0.25) is 4.79 Å². The van der Waals surface area contributed by atoms with Crippen LogP contribution in [-0.4, -0.2) is 29.6 Å². The molecule has 1 aliphatic heterocycles. The van der Waals surface area contributed by atoms with Crippen LogP contribution in [0, 0.1) is 0 Å². The van der Waals surface area contributed by atoms with Gasteiger partial charge in [-0.25, -0.2) is 9.78 Å². The molecule has 1 atom stereocenters. The van der Waals surface area contributed by atoms with Crippen molar-refractivity contribution in [1.82, 2.24) is 4.98 Å². The molecular formula is C16H12F3NO4S. The number of hydrogen-bond donors (Lipinski definition) is 0. The summed E-state index contributed by atoms with van der Waals surface area (Å²) >= 11 is 1.21. The molecule has 2 aromatic rings. The van der Waals surface area contributed by atoms with E-state index in [1.165, 1.54) is 23.5 Å². The van der Waals surface area contributed by atoms with Gasteiger partial charge in [-0.05, 0) is 12.1 Å². The molecule has 1 fully saturated rings. The summed E-state index contributed by atoms with van der Waals surface area (Å²) < 4.78 is 47.4. The molecule has 0 spiro atoms. The van der Waals surface area contributed by atoms with E-state index in [1.807, 2.05) is 0 Å². The second-order valence-electron chi connectivity index (χ2n) is 5.33. The minimum Gasteiger partial charge on any atom is -0.463 e. The number of nitrogens with zero attached hydrogens (tertiary/aromatic N) is 1. The highest BCUT2D eigenvalue weighted by Crippen LogP contribution is 2.31. The van der Waals surface area contributed by atoms with E-state index in [0.29, 0.717) is 22.7 Å². The first-order chi connectivity index (χ1) is 11.8. The molecule has 1 aliphatic rings. The van der Waals surface area contributed by atoms with Crippen molar-refractivity contribution in [1.29, 1.82) is 0 Å². The number of carbonyl (C=O) groups excluding carboxylic acids is 2. The van der Waals surface area contributed by atoms with Crippen molar-refractivity contribution in [3.63, 3.8) is 0 Å². The van der Waals surface area contributed by atoms with Crippen molar-refractivity contribution < 1.29 is 32.2 Å². The zero-order valence-corrected chi connectivity index (χ0v) is 13.5. The third-order valence-corrected chi connectivity index (χ3v) is 4.44. The Bertz CT molecular complexity index is 785. The Morgan fingerprint density at radius 3 is 2.64 bits per heavy atom. The van der Waals surface area contributed by atoms with Crippen LogP contribution in [0.5, 0.6) is 0 Å². The molecule has 3 rings (SSSR count). The smallest absolute Gasteiger partial charge is 0.416 e. The molecule has 1 aromatic carbocycles. The van der Waals surface area contributed by atoms with Crippen LogP contribution < -0.4 is 0 Å². The second kappa shape index (κ2) is 6.83. The summed E-state index contributed by atoms with van der Waals surface area (Å²) in [5.41, 5.74) is 0.216. The summed E-state index contributed by atoms with van der Waals surface area (Å²) in [6.45, 7) is 0.228. The molecule has 0 bridgehead atoms. The van der Waals surface area contributed by atoms with Crippen molar-refractivity contribution in [3.05, 3.63) is 40.9 Å². The Hall–Kier alpha value is -2.42. The molecule has 25 heavy (non-hydrogen) atoms. The summed E-state index contributed by atoms with van der Waals surface area (Å²) in [4.78, 5) is 27.3. The molecule has 9 heteroatoms. The SMILES string of the molecule is O=C(Cc1csc(-c2ccc(C(F)(F)F)cc2)n1)OC1CCOC1=O. The molecule has 0 aliphatic carbocycles.